The zero-order valence-electron chi connectivity index (χ0n) is 30.5. The molecule has 5 atom stereocenters. The summed E-state index contributed by atoms with van der Waals surface area (Å²) in [6.45, 7) is 12.3. The molecular formula is C38H56N2O10. The van der Waals surface area contributed by atoms with Gasteiger partial charge in [-0.1, -0.05) is 51.1 Å². The summed E-state index contributed by atoms with van der Waals surface area (Å²) in [6, 6.07) is 14.3. The van der Waals surface area contributed by atoms with E-state index in [0.717, 1.165) is 47.6 Å². The Morgan fingerprint density at radius 2 is 1.70 bits per heavy atom. The van der Waals surface area contributed by atoms with Gasteiger partial charge in [-0.2, -0.15) is 0 Å². The summed E-state index contributed by atoms with van der Waals surface area (Å²) in [5, 5.41) is 10.6. The molecule has 2 aliphatic heterocycles. The molecule has 0 aromatic heterocycles. The second-order valence-electron chi connectivity index (χ2n) is 13.6. The number of piperidine rings is 1. The third kappa shape index (κ3) is 11.3. The predicted octanol–water partition coefficient (Wildman–Crippen LogP) is 5.00. The third-order valence-corrected chi connectivity index (χ3v) is 8.99. The fourth-order valence-corrected chi connectivity index (χ4v) is 6.40. The molecule has 50 heavy (non-hydrogen) atoms. The summed E-state index contributed by atoms with van der Waals surface area (Å²) in [5.41, 5.74) is 4.02. The van der Waals surface area contributed by atoms with Gasteiger partial charge in [-0.15, -0.1) is 0 Å². The Bertz CT molecular complexity index is 1340. The number of carbonyl (C=O) groups is 2. The lowest BCUT2D eigenvalue weighted by Gasteiger charge is -2.43. The van der Waals surface area contributed by atoms with Crippen molar-refractivity contribution in [1.82, 2.24) is 4.90 Å². The maximum atomic E-state index is 13.3. The maximum absolute atomic E-state index is 13.3. The number of likely N-dealkylation sites (tertiary alicyclic amines) is 1. The normalized spacial score (nSPS) is 20.2. The van der Waals surface area contributed by atoms with Crippen LogP contribution in [0.3, 0.4) is 0 Å². The van der Waals surface area contributed by atoms with E-state index in [1.54, 1.807) is 28.1 Å². The first-order valence-corrected chi connectivity index (χ1v) is 17.7. The quantitative estimate of drug-likeness (QED) is 0.128. The Balaban J connectivity index is 1.52. The van der Waals surface area contributed by atoms with E-state index in [0.29, 0.717) is 39.0 Å². The number of amides is 1. The molecule has 1 fully saturated rings. The molecule has 0 radical (unpaired) electrons. The minimum absolute atomic E-state index is 0.166. The van der Waals surface area contributed by atoms with Gasteiger partial charge in [0.05, 0.1) is 57.2 Å². The van der Waals surface area contributed by atoms with Crippen LogP contribution in [0.5, 0.6) is 5.75 Å². The molecule has 278 valence electrons. The first-order chi connectivity index (χ1) is 24.1. The van der Waals surface area contributed by atoms with Crippen molar-refractivity contribution in [2.24, 2.45) is 17.8 Å². The van der Waals surface area contributed by atoms with Crippen LogP contribution in [0, 0.1) is 17.8 Å². The van der Waals surface area contributed by atoms with Gasteiger partial charge < -0.3 is 48.1 Å². The molecule has 2 heterocycles. The topological polar surface area (TPSA) is 125 Å². The third-order valence-electron chi connectivity index (χ3n) is 8.99. The summed E-state index contributed by atoms with van der Waals surface area (Å²) >= 11 is 0. The standard InChI is InChI=1S/C38H56N2O10/c1-26(2)37(42)49-28(4)50-38(43)40-19-32(21-41)36(31-11-8-29(9-12-31)24-46-23-27(3)22-45-6)35(20-40)48-25-30-10-13-34-33(18-30)39(15-17-47-34)14-7-16-44-5/h8-13,18,26-28,32,35-36,41H,7,14-17,19-25H2,1-6H3/t27?,28?,32-,35-,36-/m0/s1. The van der Waals surface area contributed by atoms with Gasteiger partial charge in [-0.3, -0.25) is 4.79 Å². The van der Waals surface area contributed by atoms with Crippen molar-refractivity contribution in [3.8, 4) is 5.75 Å². The fraction of sp³-hybridized carbons (Fsp3) is 0.632. The molecule has 12 nitrogen and oxygen atoms in total. The number of anilines is 1. The molecule has 1 N–H and O–H groups in total. The van der Waals surface area contributed by atoms with E-state index < -0.39 is 24.5 Å². The molecular weight excluding hydrogens is 644 g/mol. The van der Waals surface area contributed by atoms with Gasteiger partial charge in [0.25, 0.3) is 0 Å². The number of nitrogens with zero attached hydrogens (tertiary/aromatic N) is 2. The number of aliphatic hydroxyl groups excluding tert-OH is 1. The average molecular weight is 701 g/mol. The minimum Gasteiger partial charge on any atom is -0.490 e. The number of hydrogen-bond acceptors (Lipinski definition) is 11. The number of fused-ring (bicyclic) bond motifs is 1. The van der Waals surface area contributed by atoms with Crippen LogP contribution < -0.4 is 9.64 Å². The van der Waals surface area contributed by atoms with Crippen molar-refractivity contribution in [3.05, 3.63) is 59.2 Å². The number of hydrogen-bond donors (Lipinski definition) is 1. The lowest BCUT2D eigenvalue weighted by molar-refractivity contribution is -0.170. The van der Waals surface area contributed by atoms with Gasteiger partial charge in [0.15, 0.2) is 0 Å². The number of benzene rings is 2. The lowest BCUT2D eigenvalue weighted by Crippen LogP contribution is -2.52. The molecule has 2 aromatic rings. The summed E-state index contributed by atoms with van der Waals surface area (Å²) in [7, 11) is 3.39. The second kappa shape index (κ2) is 19.8. The number of carbonyl (C=O) groups excluding carboxylic acids is 2. The van der Waals surface area contributed by atoms with Crippen LogP contribution in [0.1, 0.15) is 56.7 Å². The molecule has 1 amide bonds. The minimum atomic E-state index is -1.06. The van der Waals surface area contributed by atoms with E-state index in [-0.39, 0.29) is 44.1 Å². The van der Waals surface area contributed by atoms with E-state index in [4.69, 9.17) is 33.2 Å². The van der Waals surface area contributed by atoms with Gasteiger partial charge in [-0.25, -0.2) is 4.79 Å². The first kappa shape index (κ1) is 39.4. The van der Waals surface area contributed by atoms with Crippen LogP contribution in [0.4, 0.5) is 10.5 Å². The monoisotopic (exact) mass is 700 g/mol. The van der Waals surface area contributed by atoms with Gasteiger partial charge in [0.1, 0.15) is 12.4 Å². The van der Waals surface area contributed by atoms with Gasteiger partial charge in [0, 0.05) is 65.2 Å². The Labute approximate surface area is 296 Å². The zero-order valence-corrected chi connectivity index (χ0v) is 30.5. The second-order valence-corrected chi connectivity index (χ2v) is 13.6. The number of methoxy groups -OCH3 is 2. The maximum Gasteiger partial charge on any atom is 0.412 e. The van der Waals surface area contributed by atoms with Crippen LogP contribution in [0.15, 0.2) is 42.5 Å². The highest BCUT2D eigenvalue weighted by Crippen LogP contribution is 2.37. The van der Waals surface area contributed by atoms with E-state index >= 15 is 0 Å². The first-order valence-electron chi connectivity index (χ1n) is 17.7. The SMILES string of the molecule is COCCCN1CCOc2ccc(CO[C@H]3CN(C(=O)OC(C)OC(=O)C(C)C)C[C@@H](CO)[C@@H]3c3ccc(COCC(C)COC)cc3)cc21. The molecule has 0 aliphatic carbocycles. The Hall–Kier alpha value is -3.42. The molecule has 0 bridgehead atoms. The van der Waals surface area contributed by atoms with Gasteiger partial charge in [0.2, 0.25) is 6.29 Å². The molecule has 2 aliphatic rings. The Morgan fingerprint density at radius 3 is 2.40 bits per heavy atom. The number of rotatable bonds is 18. The van der Waals surface area contributed by atoms with Crippen molar-refractivity contribution in [3.63, 3.8) is 0 Å². The molecule has 12 heteroatoms. The summed E-state index contributed by atoms with van der Waals surface area (Å²) in [5.74, 6) is -0.209. The van der Waals surface area contributed by atoms with Crippen LogP contribution in [0.2, 0.25) is 0 Å². The molecule has 2 unspecified atom stereocenters. The van der Waals surface area contributed by atoms with E-state index in [2.05, 4.69) is 30.0 Å². The largest absolute Gasteiger partial charge is 0.490 e. The molecule has 0 spiro atoms. The van der Waals surface area contributed by atoms with Crippen molar-refractivity contribution in [1.29, 1.82) is 0 Å². The number of aliphatic hydroxyl groups is 1. The fourth-order valence-electron chi connectivity index (χ4n) is 6.40. The van der Waals surface area contributed by atoms with E-state index in [9.17, 15) is 14.7 Å². The van der Waals surface area contributed by atoms with Crippen molar-refractivity contribution >= 4 is 17.7 Å². The van der Waals surface area contributed by atoms with E-state index in [1.807, 2.05) is 24.3 Å². The summed E-state index contributed by atoms with van der Waals surface area (Å²) < 4.78 is 39.7. The Kier molecular flexibility index (Phi) is 15.6. The van der Waals surface area contributed by atoms with Crippen molar-refractivity contribution in [2.75, 3.05) is 78.3 Å². The smallest absolute Gasteiger partial charge is 0.412 e. The highest BCUT2D eigenvalue weighted by molar-refractivity contribution is 5.72. The molecule has 4 rings (SSSR count). The van der Waals surface area contributed by atoms with E-state index in [1.165, 1.54) is 11.8 Å². The number of ether oxygens (including phenoxy) is 7. The highest BCUT2D eigenvalue weighted by atomic mass is 16.7. The van der Waals surface area contributed by atoms with Crippen LogP contribution >= 0.6 is 0 Å². The Morgan fingerprint density at radius 1 is 0.940 bits per heavy atom. The average Bonchev–Trinajstić information content (AvgIpc) is 3.10. The zero-order chi connectivity index (χ0) is 36.0. The van der Waals surface area contributed by atoms with Gasteiger partial charge >= 0.3 is 12.1 Å². The van der Waals surface area contributed by atoms with Crippen LogP contribution in [-0.2, 0) is 46.4 Å². The molecule has 0 saturated carbocycles. The summed E-state index contributed by atoms with van der Waals surface area (Å²) in [6.07, 6.45) is -1.25. The molecule has 1 saturated heterocycles. The molecule has 2 aromatic carbocycles. The van der Waals surface area contributed by atoms with Gasteiger partial charge in [-0.05, 0) is 35.2 Å². The van der Waals surface area contributed by atoms with Crippen molar-refractivity contribution < 1.29 is 47.9 Å². The van der Waals surface area contributed by atoms with Crippen LogP contribution in [0.25, 0.3) is 0 Å². The number of esters is 1. The summed E-state index contributed by atoms with van der Waals surface area (Å²) in [4.78, 5) is 29.3. The van der Waals surface area contributed by atoms with Crippen LogP contribution in [-0.4, -0.2) is 108 Å². The highest BCUT2D eigenvalue weighted by Gasteiger charge is 2.41. The lowest BCUT2D eigenvalue weighted by atomic mass is 9.78. The van der Waals surface area contributed by atoms with Crippen molar-refractivity contribution in [2.45, 2.75) is 65.6 Å². The predicted molar refractivity (Wildman–Crippen MR) is 188 cm³/mol.